The highest BCUT2D eigenvalue weighted by Crippen LogP contribution is 2.43. The Hall–Kier alpha value is -0.860. The first-order valence-electron chi connectivity index (χ1n) is 7.14. The van der Waals surface area contributed by atoms with E-state index in [0.29, 0.717) is 6.61 Å². The molecule has 2 heteroatoms. The molecule has 0 radical (unpaired) electrons. The van der Waals surface area contributed by atoms with Crippen LogP contribution in [0.5, 0.6) is 0 Å². The van der Waals surface area contributed by atoms with Crippen molar-refractivity contribution in [3.63, 3.8) is 0 Å². The van der Waals surface area contributed by atoms with Crippen molar-refractivity contribution in [1.82, 2.24) is 0 Å². The predicted octanol–water partition coefficient (Wildman–Crippen LogP) is 4.02. The SMILES string of the molecule is C=CCO[C@@]1(CCC=C(C)C)CC[C@@H](C(=C)C)[C@H]1O. The van der Waals surface area contributed by atoms with Crippen LogP contribution in [0.3, 0.4) is 0 Å². The lowest BCUT2D eigenvalue weighted by atomic mass is 9.88. The molecular weight excluding hydrogens is 236 g/mol. The highest BCUT2D eigenvalue weighted by molar-refractivity contribution is 5.11. The van der Waals surface area contributed by atoms with Gasteiger partial charge in [-0.3, -0.25) is 0 Å². The Bertz CT molecular complexity index is 352. The third kappa shape index (κ3) is 4.05. The summed E-state index contributed by atoms with van der Waals surface area (Å²) in [6.45, 7) is 14.4. The number of hydrogen-bond donors (Lipinski definition) is 1. The standard InChI is InChI=1S/C17H28O2/c1-6-12-19-17(10-7-8-13(2)3)11-9-15(14(4)5)16(17)18/h6,8,15-16,18H,1,4,7,9-12H2,2-3,5H3/t15-,16+,17-/m0/s1. The van der Waals surface area contributed by atoms with Crippen LogP contribution < -0.4 is 0 Å². The summed E-state index contributed by atoms with van der Waals surface area (Å²) in [5.74, 6) is 0.163. The molecule has 0 aromatic heterocycles. The zero-order valence-corrected chi connectivity index (χ0v) is 12.6. The van der Waals surface area contributed by atoms with Gasteiger partial charge in [0.25, 0.3) is 0 Å². The van der Waals surface area contributed by atoms with Gasteiger partial charge >= 0.3 is 0 Å². The lowest BCUT2D eigenvalue weighted by molar-refractivity contribution is -0.109. The first kappa shape index (κ1) is 16.2. The lowest BCUT2D eigenvalue weighted by Crippen LogP contribution is -2.43. The molecule has 3 atom stereocenters. The fraction of sp³-hybridized carbons (Fsp3) is 0.647. The Morgan fingerprint density at radius 1 is 1.42 bits per heavy atom. The predicted molar refractivity (Wildman–Crippen MR) is 81.1 cm³/mol. The van der Waals surface area contributed by atoms with Crippen LogP contribution in [0.15, 0.2) is 36.5 Å². The van der Waals surface area contributed by atoms with E-state index in [4.69, 9.17) is 4.74 Å². The van der Waals surface area contributed by atoms with Crippen molar-refractivity contribution in [2.45, 2.75) is 58.2 Å². The molecule has 0 spiro atoms. The molecule has 0 saturated heterocycles. The van der Waals surface area contributed by atoms with Crippen molar-refractivity contribution in [2.75, 3.05) is 6.61 Å². The molecule has 1 rings (SSSR count). The van der Waals surface area contributed by atoms with E-state index in [-0.39, 0.29) is 5.92 Å². The van der Waals surface area contributed by atoms with Gasteiger partial charge in [-0.25, -0.2) is 0 Å². The smallest absolute Gasteiger partial charge is 0.0953 e. The van der Waals surface area contributed by atoms with Crippen LogP contribution in [0.2, 0.25) is 0 Å². The van der Waals surface area contributed by atoms with Crippen LogP contribution in [0.4, 0.5) is 0 Å². The summed E-state index contributed by atoms with van der Waals surface area (Å²) in [7, 11) is 0. The van der Waals surface area contributed by atoms with E-state index in [2.05, 4.69) is 33.1 Å². The third-order valence-electron chi connectivity index (χ3n) is 4.04. The molecule has 1 saturated carbocycles. The van der Waals surface area contributed by atoms with E-state index in [1.54, 1.807) is 6.08 Å². The van der Waals surface area contributed by atoms with Crippen LogP contribution in [-0.2, 0) is 4.74 Å². The topological polar surface area (TPSA) is 29.5 Å². The van der Waals surface area contributed by atoms with E-state index in [9.17, 15) is 5.11 Å². The van der Waals surface area contributed by atoms with E-state index in [1.165, 1.54) is 5.57 Å². The number of allylic oxidation sites excluding steroid dienone is 2. The summed E-state index contributed by atoms with van der Waals surface area (Å²) in [6.07, 6.45) is 7.17. The first-order chi connectivity index (χ1) is 8.93. The molecular formula is C17H28O2. The van der Waals surface area contributed by atoms with Gasteiger partial charge in [0.2, 0.25) is 0 Å². The van der Waals surface area contributed by atoms with Gasteiger partial charge in [0.05, 0.1) is 18.3 Å². The highest BCUT2D eigenvalue weighted by atomic mass is 16.5. The van der Waals surface area contributed by atoms with Crippen LogP contribution in [0.1, 0.15) is 46.5 Å². The fourth-order valence-corrected chi connectivity index (χ4v) is 2.92. The van der Waals surface area contributed by atoms with Gasteiger partial charge in [0.15, 0.2) is 0 Å². The van der Waals surface area contributed by atoms with Gasteiger partial charge in [-0.05, 0) is 46.5 Å². The molecule has 1 aliphatic carbocycles. The Balaban J connectivity index is 2.79. The highest BCUT2D eigenvalue weighted by Gasteiger charge is 2.48. The molecule has 19 heavy (non-hydrogen) atoms. The number of aliphatic hydroxyl groups excluding tert-OH is 1. The normalized spacial score (nSPS) is 30.1. The van der Waals surface area contributed by atoms with Crippen molar-refractivity contribution >= 4 is 0 Å². The lowest BCUT2D eigenvalue weighted by Gasteiger charge is -2.34. The maximum absolute atomic E-state index is 10.6. The first-order valence-corrected chi connectivity index (χ1v) is 7.14. The minimum Gasteiger partial charge on any atom is -0.389 e. The molecule has 1 aliphatic rings. The number of hydrogen-bond acceptors (Lipinski definition) is 2. The van der Waals surface area contributed by atoms with Crippen LogP contribution >= 0.6 is 0 Å². The Kier molecular flexibility index (Phi) is 6.02. The average molecular weight is 264 g/mol. The fourth-order valence-electron chi connectivity index (χ4n) is 2.92. The Morgan fingerprint density at radius 2 is 2.11 bits per heavy atom. The monoisotopic (exact) mass is 264 g/mol. The van der Waals surface area contributed by atoms with Gasteiger partial charge in [0.1, 0.15) is 0 Å². The van der Waals surface area contributed by atoms with Gasteiger partial charge in [0, 0.05) is 5.92 Å². The van der Waals surface area contributed by atoms with E-state index >= 15 is 0 Å². The molecule has 0 aromatic rings. The van der Waals surface area contributed by atoms with E-state index in [1.807, 2.05) is 6.92 Å². The minimum absolute atomic E-state index is 0.163. The molecule has 1 fully saturated rings. The maximum Gasteiger partial charge on any atom is 0.0953 e. The number of ether oxygens (including phenoxy) is 1. The Morgan fingerprint density at radius 3 is 2.58 bits per heavy atom. The molecule has 0 amide bonds. The van der Waals surface area contributed by atoms with Crippen molar-refractivity contribution in [3.8, 4) is 0 Å². The molecule has 1 N–H and O–H groups in total. The quantitative estimate of drug-likeness (QED) is 0.704. The van der Waals surface area contributed by atoms with E-state index in [0.717, 1.165) is 31.3 Å². The molecule has 0 bridgehead atoms. The summed E-state index contributed by atoms with van der Waals surface area (Å²) in [6, 6.07) is 0. The van der Waals surface area contributed by atoms with E-state index < -0.39 is 11.7 Å². The molecule has 2 nitrogen and oxygen atoms in total. The third-order valence-corrected chi connectivity index (χ3v) is 4.04. The zero-order chi connectivity index (χ0) is 14.5. The summed E-state index contributed by atoms with van der Waals surface area (Å²) >= 11 is 0. The second kappa shape index (κ2) is 7.06. The van der Waals surface area contributed by atoms with Gasteiger partial charge < -0.3 is 9.84 Å². The summed E-state index contributed by atoms with van der Waals surface area (Å²) in [5.41, 5.74) is 1.94. The second-order valence-electron chi connectivity index (χ2n) is 5.92. The second-order valence-corrected chi connectivity index (χ2v) is 5.92. The van der Waals surface area contributed by atoms with Crippen LogP contribution in [0.25, 0.3) is 0 Å². The summed E-state index contributed by atoms with van der Waals surface area (Å²) < 4.78 is 5.98. The molecule has 0 aliphatic heterocycles. The minimum atomic E-state index is -0.449. The number of rotatable bonds is 7. The van der Waals surface area contributed by atoms with Crippen LogP contribution in [0, 0.1) is 5.92 Å². The largest absolute Gasteiger partial charge is 0.389 e. The molecule has 0 heterocycles. The average Bonchev–Trinajstić information content (AvgIpc) is 2.65. The van der Waals surface area contributed by atoms with Gasteiger partial charge in [-0.1, -0.05) is 29.9 Å². The zero-order valence-electron chi connectivity index (χ0n) is 12.6. The number of aliphatic hydroxyl groups is 1. The molecule has 0 unspecified atom stereocenters. The van der Waals surface area contributed by atoms with Gasteiger partial charge in [-0.15, -0.1) is 6.58 Å². The van der Waals surface area contributed by atoms with Crippen molar-refractivity contribution < 1.29 is 9.84 Å². The molecule has 0 aromatic carbocycles. The van der Waals surface area contributed by atoms with Gasteiger partial charge in [-0.2, -0.15) is 0 Å². The van der Waals surface area contributed by atoms with Crippen molar-refractivity contribution in [2.24, 2.45) is 5.92 Å². The van der Waals surface area contributed by atoms with Crippen LogP contribution in [-0.4, -0.2) is 23.4 Å². The van der Waals surface area contributed by atoms with Crippen molar-refractivity contribution in [1.29, 1.82) is 0 Å². The van der Waals surface area contributed by atoms with Crippen molar-refractivity contribution in [3.05, 3.63) is 36.5 Å². The maximum atomic E-state index is 10.6. The summed E-state index contributed by atoms with van der Waals surface area (Å²) in [5, 5.41) is 10.6. The Labute approximate surface area is 117 Å². The summed E-state index contributed by atoms with van der Waals surface area (Å²) in [4.78, 5) is 0. The molecule has 108 valence electrons.